The lowest BCUT2D eigenvalue weighted by Gasteiger charge is -2.18. The predicted octanol–water partition coefficient (Wildman–Crippen LogP) is 5.19. The fourth-order valence-electron chi connectivity index (χ4n) is 3.87. The topological polar surface area (TPSA) is 66.9 Å². The van der Waals surface area contributed by atoms with E-state index in [-0.39, 0.29) is 24.2 Å². The van der Waals surface area contributed by atoms with Crippen LogP contribution in [0, 0.1) is 0 Å². The summed E-state index contributed by atoms with van der Waals surface area (Å²) in [7, 11) is 0. The number of thiocarbonyl (C=S) groups is 1. The molecule has 0 spiro atoms. The number of anilines is 1. The fraction of sp³-hybridized carbons (Fsp3) is 0.280. The molecule has 0 saturated carbocycles. The first-order chi connectivity index (χ1) is 16.4. The van der Waals surface area contributed by atoms with Crippen LogP contribution in [0.15, 0.2) is 53.4 Å². The van der Waals surface area contributed by atoms with Gasteiger partial charge < -0.3 is 9.64 Å². The number of carbonyl (C=O) groups is 3. The molecule has 2 aliphatic rings. The van der Waals surface area contributed by atoms with Gasteiger partial charge in [0, 0.05) is 23.6 Å². The maximum absolute atomic E-state index is 13.6. The van der Waals surface area contributed by atoms with Gasteiger partial charge in [-0.05, 0) is 30.5 Å². The minimum absolute atomic E-state index is 0.205. The standard InChI is InChI=1S/C25H23ClN2O4S2/c1-2-14-32-20(29)12-7-13-27-24(31)22(34-25(27)33)21-17-9-4-6-11-19(17)28(23(21)30)15-16-8-3-5-10-18(16)26/h3-6,8-11H,2,7,12-15H2,1H3/b22-21-. The van der Waals surface area contributed by atoms with E-state index in [1.807, 2.05) is 49.4 Å². The van der Waals surface area contributed by atoms with Gasteiger partial charge in [0.25, 0.3) is 11.8 Å². The summed E-state index contributed by atoms with van der Waals surface area (Å²) in [6.45, 7) is 2.90. The Bertz CT molecular complexity index is 1200. The molecule has 1 fully saturated rings. The molecular formula is C25H23ClN2O4S2. The van der Waals surface area contributed by atoms with E-state index in [0.29, 0.717) is 51.5 Å². The van der Waals surface area contributed by atoms with E-state index in [0.717, 1.165) is 29.4 Å². The molecule has 2 aliphatic heterocycles. The SMILES string of the molecule is CCCOC(=O)CCCN1C(=O)/C(=C2/C(=O)N(Cc3ccccc3Cl)c3ccccc32)SC1=S. The van der Waals surface area contributed by atoms with E-state index in [1.54, 1.807) is 11.0 Å². The number of benzene rings is 2. The molecule has 6 nitrogen and oxygen atoms in total. The number of halogens is 1. The van der Waals surface area contributed by atoms with Crippen LogP contribution in [0.25, 0.3) is 5.57 Å². The smallest absolute Gasteiger partial charge is 0.305 e. The second-order valence-electron chi connectivity index (χ2n) is 7.85. The van der Waals surface area contributed by atoms with Crippen molar-refractivity contribution in [2.45, 2.75) is 32.7 Å². The predicted molar refractivity (Wildman–Crippen MR) is 138 cm³/mol. The van der Waals surface area contributed by atoms with E-state index >= 15 is 0 Å². The average Bonchev–Trinajstić information content (AvgIpc) is 3.26. The van der Waals surface area contributed by atoms with Crippen LogP contribution in [0.2, 0.25) is 5.02 Å². The summed E-state index contributed by atoms with van der Waals surface area (Å²) in [6, 6.07) is 14.8. The Balaban J connectivity index is 1.57. The summed E-state index contributed by atoms with van der Waals surface area (Å²) in [5.74, 6) is -0.861. The number of esters is 1. The zero-order valence-electron chi connectivity index (χ0n) is 18.6. The lowest BCUT2D eigenvalue weighted by Crippen LogP contribution is -2.30. The Labute approximate surface area is 212 Å². The maximum atomic E-state index is 13.6. The highest BCUT2D eigenvalue weighted by Gasteiger charge is 2.41. The number of para-hydroxylation sites is 1. The Morgan fingerprint density at radius 1 is 1.06 bits per heavy atom. The molecule has 0 bridgehead atoms. The van der Waals surface area contributed by atoms with Gasteiger partial charge in [0.1, 0.15) is 4.32 Å². The minimum atomic E-state index is -0.310. The second kappa shape index (κ2) is 10.7. The molecule has 0 atom stereocenters. The Hall–Kier alpha value is -2.68. The van der Waals surface area contributed by atoms with Gasteiger partial charge in [0.2, 0.25) is 0 Å². The molecule has 0 unspecified atom stereocenters. The zero-order chi connectivity index (χ0) is 24.2. The average molecular weight is 515 g/mol. The monoisotopic (exact) mass is 514 g/mol. The van der Waals surface area contributed by atoms with Crippen LogP contribution in [-0.4, -0.2) is 40.2 Å². The highest BCUT2D eigenvalue weighted by Crippen LogP contribution is 2.45. The third kappa shape index (κ3) is 4.89. The minimum Gasteiger partial charge on any atom is -0.466 e. The molecule has 2 aromatic carbocycles. The van der Waals surface area contributed by atoms with Crippen LogP contribution >= 0.6 is 35.6 Å². The highest BCUT2D eigenvalue weighted by molar-refractivity contribution is 8.26. The van der Waals surface area contributed by atoms with Gasteiger partial charge >= 0.3 is 5.97 Å². The summed E-state index contributed by atoms with van der Waals surface area (Å²) in [6.07, 6.45) is 1.40. The number of carbonyl (C=O) groups excluding carboxylic acids is 3. The first-order valence-electron chi connectivity index (χ1n) is 11.0. The van der Waals surface area contributed by atoms with Crippen LogP contribution in [-0.2, 0) is 25.7 Å². The number of nitrogens with zero attached hydrogens (tertiary/aromatic N) is 2. The number of thioether (sulfide) groups is 1. The van der Waals surface area contributed by atoms with Crippen LogP contribution in [0.5, 0.6) is 0 Å². The molecule has 0 radical (unpaired) electrons. The molecule has 0 aromatic heterocycles. The molecular weight excluding hydrogens is 492 g/mol. The zero-order valence-corrected chi connectivity index (χ0v) is 21.0. The lowest BCUT2D eigenvalue weighted by molar-refractivity contribution is -0.144. The summed E-state index contributed by atoms with van der Waals surface area (Å²) in [4.78, 5) is 42.0. The van der Waals surface area contributed by atoms with Crippen molar-refractivity contribution in [3.63, 3.8) is 0 Å². The molecule has 2 amide bonds. The van der Waals surface area contributed by atoms with E-state index in [1.165, 1.54) is 4.90 Å². The first-order valence-corrected chi connectivity index (χ1v) is 12.6. The van der Waals surface area contributed by atoms with Crippen molar-refractivity contribution in [1.82, 2.24) is 4.90 Å². The summed E-state index contributed by atoms with van der Waals surface area (Å²) in [5.41, 5.74) is 2.59. The highest BCUT2D eigenvalue weighted by atomic mass is 35.5. The first kappa shape index (κ1) is 24.4. The van der Waals surface area contributed by atoms with E-state index in [9.17, 15) is 14.4 Å². The molecule has 0 aliphatic carbocycles. The summed E-state index contributed by atoms with van der Waals surface area (Å²) < 4.78 is 5.46. The maximum Gasteiger partial charge on any atom is 0.305 e. The summed E-state index contributed by atoms with van der Waals surface area (Å²) >= 11 is 12.9. The van der Waals surface area contributed by atoms with E-state index in [2.05, 4.69) is 0 Å². The van der Waals surface area contributed by atoms with Crippen LogP contribution in [0.1, 0.15) is 37.3 Å². The molecule has 4 rings (SSSR count). The molecule has 2 heterocycles. The number of fused-ring (bicyclic) bond motifs is 1. The van der Waals surface area contributed by atoms with Crippen LogP contribution in [0.3, 0.4) is 0 Å². The lowest BCUT2D eigenvalue weighted by atomic mass is 10.1. The Morgan fingerprint density at radius 2 is 1.79 bits per heavy atom. The largest absolute Gasteiger partial charge is 0.466 e. The van der Waals surface area contributed by atoms with Gasteiger partial charge in [-0.2, -0.15) is 0 Å². The van der Waals surface area contributed by atoms with Crippen LogP contribution in [0.4, 0.5) is 5.69 Å². The van der Waals surface area contributed by atoms with Gasteiger partial charge in [-0.15, -0.1) is 0 Å². The third-order valence-electron chi connectivity index (χ3n) is 5.52. The molecule has 34 heavy (non-hydrogen) atoms. The van der Waals surface area contributed by atoms with Crippen molar-refractivity contribution >= 4 is 68.9 Å². The normalized spacial score (nSPS) is 17.5. The number of rotatable bonds is 8. The van der Waals surface area contributed by atoms with Crippen molar-refractivity contribution < 1.29 is 19.1 Å². The molecule has 2 aromatic rings. The van der Waals surface area contributed by atoms with Crippen molar-refractivity contribution in [3.05, 3.63) is 69.6 Å². The molecule has 0 N–H and O–H groups in total. The Morgan fingerprint density at radius 3 is 2.56 bits per heavy atom. The quantitative estimate of drug-likeness (QED) is 0.274. The molecule has 176 valence electrons. The van der Waals surface area contributed by atoms with Gasteiger partial charge in [-0.25, -0.2) is 0 Å². The van der Waals surface area contributed by atoms with E-state index in [4.69, 9.17) is 28.6 Å². The van der Waals surface area contributed by atoms with Crippen molar-refractivity contribution in [3.8, 4) is 0 Å². The van der Waals surface area contributed by atoms with Gasteiger partial charge in [-0.3, -0.25) is 19.3 Å². The molecule has 1 saturated heterocycles. The molecule has 9 heteroatoms. The number of hydrogen-bond acceptors (Lipinski definition) is 6. The number of hydrogen-bond donors (Lipinski definition) is 0. The Kier molecular flexibility index (Phi) is 7.70. The van der Waals surface area contributed by atoms with E-state index < -0.39 is 0 Å². The third-order valence-corrected chi connectivity index (χ3v) is 7.33. The van der Waals surface area contributed by atoms with Gasteiger partial charge in [0.05, 0.1) is 29.3 Å². The van der Waals surface area contributed by atoms with Crippen molar-refractivity contribution in [2.24, 2.45) is 0 Å². The van der Waals surface area contributed by atoms with Crippen molar-refractivity contribution in [1.29, 1.82) is 0 Å². The second-order valence-corrected chi connectivity index (χ2v) is 9.90. The fourth-order valence-corrected chi connectivity index (χ4v) is 5.44. The van der Waals surface area contributed by atoms with Crippen molar-refractivity contribution in [2.75, 3.05) is 18.1 Å². The van der Waals surface area contributed by atoms with Crippen LogP contribution < -0.4 is 4.90 Å². The van der Waals surface area contributed by atoms with Gasteiger partial charge in [0.15, 0.2) is 0 Å². The number of amides is 2. The van der Waals surface area contributed by atoms with Gasteiger partial charge in [-0.1, -0.05) is 78.9 Å². The number of ether oxygens (including phenoxy) is 1. The summed E-state index contributed by atoms with van der Waals surface area (Å²) in [5, 5.41) is 0.574.